The van der Waals surface area contributed by atoms with Crippen LogP contribution >= 0.6 is 0 Å². The number of hydrogen-bond acceptors (Lipinski definition) is 2. The van der Waals surface area contributed by atoms with E-state index in [1.807, 2.05) is 31.3 Å². The number of nitrogens with zero attached hydrogens (tertiary/aromatic N) is 1. The van der Waals surface area contributed by atoms with E-state index in [1.165, 1.54) is 19.3 Å². The Kier molecular flexibility index (Phi) is 5.20. The summed E-state index contributed by atoms with van der Waals surface area (Å²) < 4.78 is 0. The number of amides is 2. The van der Waals surface area contributed by atoms with Crippen molar-refractivity contribution in [1.82, 2.24) is 4.90 Å². The van der Waals surface area contributed by atoms with Crippen LogP contribution in [0.25, 0.3) is 0 Å². The molecule has 0 saturated heterocycles. The Morgan fingerprint density at radius 2 is 1.95 bits per heavy atom. The van der Waals surface area contributed by atoms with Gasteiger partial charge in [0.05, 0.1) is 0 Å². The summed E-state index contributed by atoms with van der Waals surface area (Å²) in [6.07, 6.45) is 4.34. The summed E-state index contributed by atoms with van der Waals surface area (Å²) in [4.78, 5) is 24.3. The Morgan fingerprint density at radius 1 is 1.29 bits per heavy atom. The van der Waals surface area contributed by atoms with Gasteiger partial charge in [-0.05, 0) is 42.9 Å². The van der Waals surface area contributed by atoms with Crippen LogP contribution in [0.5, 0.6) is 0 Å². The summed E-state index contributed by atoms with van der Waals surface area (Å²) in [7, 11) is 1.81. The first-order chi connectivity index (χ1) is 10.0. The van der Waals surface area contributed by atoms with E-state index in [0.29, 0.717) is 12.3 Å². The van der Waals surface area contributed by atoms with Gasteiger partial charge in [-0.15, -0.1) is 0 Å². The summed E-state index contributed by atoms with van der Waals surface area (Å²) >= 11 is 0. The fraction of sp³-hybridized carbons (Fsp3) is 0.500. The maximum absolute atomic E-state index is 12.0. The number of rotatable bonds is 6. The average molecular weight is 290 g/mol. The molecule has 0 radical (unpaired) electrons. The number of carboxylic acid groups (broad SMARTS) is 1. The monoisotopic (exact) mass is 290 g/mol. The Morgan fingerprint density at radius 3 is 2.48 bits per heavy atom. The lowest BCUT2D eigenvalue weighted by Crippen LogP contribution is -2.37. The zero-order valence-corrected chi connectivity index (χ0v) is 12.3. The number of aryl methyl sites for hydroxylation is 1. The van der Waals surface area contributed by atoms with Crippen molar-refractivity contribution in [2.24, 2.45) is 5.92 Å². The van der Waals surface area contributed by atoms with Gasteiger partial charge < -0.3 is 15.3 Å². The molecular weight excluding hydrogens is 268 g/mol. The molecule has 21 heavy (non-hydrogen) atoms. The number of nitrogens with one attached hydrogen (secondary N) is 1. The van der Waals surface area contributed by atoms with Crippen LogP contribution in [0.1, 0.15) is 31.2 Å². The van der Waals surface area contributed by atoms with Gasteiger partial charge in [0.15, 0.2) is 0 Å². The van der Waals surface area contributed by atoms with E-state index in [1.54, 1.807) is 4.90 Å². The molecule has 1 saturated carbocycles. The molecule has 0 unspecified atom stereocenters. The molecule has 1 aliphatic rings. The van der Waals surface area contributed by atoms with E-state index in [-0.39, 0.29) is 12.5 Å². The van der Waals surface area contributed by atoms with Gasteiger partial charge in [0.25, 0.3) is 0 Å². The van der Waals surface area contributed by atoms with Gasteiger partial charge in [0, 0.05) is 25.7 Å². The van der Waals surface area contributed by atoms with E-state index in [0.717, 1.165) is 17.8 Å². The molecule has 0 aromatic heterocycles. The molecule has 0 aliphatic heterocycles. The summed E-state index contributed by atoms with van der Waals surface area (Å²) in [5.74, 6) is -0.149. The van der Waals surface area contributed by atoms with E-state index in [4.69, 9.17) is 5.11 Å². The molecule has 114 valence electrons. The second kappa shape index (κ2) is 7.11. The van der Waals surface area contributed by atoms with Crippen molar-refractivity contribution in [3.8, 4) is 0 Å². The first-order valence-electron chi connectivity index (χ1n) is 7.37. The number of carboxylic acids is 1. The first kappa shape index (κ1) is 15.4. The summed E-state index contributed by atoms with van der Waals surface area (Å²) in [6.45, 7) is 0.808. The Hall–Kier alpha value is -2.04. The van der Waals surface area contributed by atoms with Gasteiger partial charge >= 0.3 is 12.0 Å². The SMILES string of the molecule is CN(CC1CCC1)C(=O)Nc1ccc(CCC(=O)O)cc1. The highest BCUT2D eigenvalue weighted by Crippen LogP contribution is 2.26. The van der Waals surface area contributed by atoms with Crippen molar-refractivity contribution in [2.45, 2.75) is 32.1 Å². The highest BCUT2D eigenvalue weighted by atomic mass is 16.4. The molecule has 1 aromatic rings. The average Bonchev–Trinajstić information content (AvgIpc) is 2.41. The highest BCUT2D eigenvalue weighted by molar-refractivity contribution is 5.89. The minimum atomic E-state index is -0.801. The molecule has 2 amide bonds. The van der Waals surface area contributed by atoms with Crippen LogP contribution in [-0.4, -0.2) is 35.6 Å². The minimum Gasteiger partial charge on any atom is -0.481 e. The smallest absolute Gasteiger partial charge is 0.321 e. The Balaban J connectivity index is 1.81. The van der Waals surface area contributed by atoms with E-state index in [9.17, 15) is 9.59 Å². The van der Waals surface area contributed by atoms with Gasteiger partial charge in [-0.25, -0.2) is 4.79 Å². The number of benzene rings is 1. The molecule has 0 atom stereocenters. The van der Waals surface area contributed by atoms with Crippen molar-refractivity contribution >= 4 is 17.7 Å². The van der Waals surface area contributed by atoms with Gasteiger partial charge in [-0.1, -0.05) is 18.6 Å². The summed E-state index contributed by atoms with van der Waals surface area (Å²) in [6, 6.07) is 7.23. The molecule has 0 bridgehead atoms. The van der Waals surface area contributed by atoms with Crippen LogP contribution in [0.4, 0.5) is 10.5 Å². The van der Waals surface area contributed by atoms with Crippen molar-refractivity contribution in [2.75, 3.05) is 18.9 Å². The normalized spacial score (nSPS) is 14.3. The minimum absolute atomic E-state index is 0.0971. The first-order valence-corrected chi connectivity index (χ1v) is 7.37. The van der Waals surface area contributed by atoms with Gasteiger partial charge in [-0.3, -0.25) is 4.79 Å². The molecule has 2 N–H and O–H groups in total. The third-order valence-electron chi connectivity index (χ3n) is 3.94. The number of anilines is 1. The van der Waals surface area contributed by atoms with E-state index < -0.39 is 5.97 Å². The predicted molar refractivity (Wildman–Crippen MR) is 81.4 cm³/mol. The van der Waals surface area contributed by atoms with Crippen molar-refractivity contribution in [3.63, 3.8) is 0 Å². The zero-order chi connectivity index (χ0) is 15.2. The van der Waals surface area contributed by atoms with Crippen LogP contribution < -0.4 is 5.32 Å². The van der Waals surface area contributed by atoms with Crippen LogP contribution in [0.15, 0.2) is 24.3 Å². The number of aliphatic carboxylic acids is 1. The number of carbonyl (C=O) groups excluding carboxylic acids is 1. The molecule has 0 heterocycles. The Bertz CT molecular complexity index is 495. The zero-order valence-electron chi connectivity index (χ0n) is 12.3. The molecule has 2 rings (SSSR count). The second-order valence-corrected chi connectivity index (χ2v) is 5.70. The topological polar surface area (TPSA) is 69.6 Å². The van der Waals surface area contributed by atoms with Crippen LogP contribution in [-0.2, 0) is 11.2 Å². The van der Waals surface area contributed by atoms with Crippen LogP contribution in [0.3, 0.4) is 0 Å². The lowest BCUT2D eigenvalue weighted by molar-refractivity contribution is -0.136. The van der Waals surface area contributed by atoms with Crippen LogP contribution in [0.2, 0.25) is 0 Å². The fourth-order valence-electron chi connectivity index (χ4n) is 2.37. The Labute approximate surface area is 125 Å². The van der Waals surface area contributed by atoms with Crippen molar-refractivity contribution in [1.29, 1.82) is 0 Å². The lowest BCUT2D eigenvalue weighted by atomic mass is 9.85. The van der Waals surface area contributed by atoms with Gasteiger partial charge in [-0.2, -0.15) is 0 Å². The van der Waals surface area contributed by atoms with Crippen LogP contribution in [0, 0.1) is 5.92 Å². The number of urea groups is 1. The highest BCUT2D eigenvalue weighted by Gasteiger charge is 2.21. The number of carbonyl (C=O) groups is 2. The van der Waals surface area contributed by atoms with Gasteiger partial charge in [0.2, 0.25) is 0 Å². The molecule has 1 aliphatic carbocycles. The maximum Gasteiger partial charge on any atom is 0.321 e. The summed E-state index contributed by atoms with van der Waals surface area (Å²) in [5.41, 5.74) is 1.69. The largest absolute Gasteiger partial charge is 0.481 e. The van der Waals surface area contributed by atoms with Crippen molar-refractivity contribution < 1.29 is 14.7 Å². The molecule has 1 fully saturated rings. The quantitative estimate of drug-likeness (QED) is 0.846. The third-order valence-corrected chi connectivity index (χ3v) is 3.94. The molecular formula is C16H22N2O3. The standard InChI is InChI=1S/C16H22N2O3/c1-18(11-13-3-2-4-13)16(21)17-14-8-5-12(6-9-14)7-10-15(19)20/h5-6,8-9,13H,2-4,7,10-11H2,1H3,(H,17,21)(H,19,20). The van der Waals surface area contributed by atoms with Crippen molar-refractivity contribution in [3.05, 3.63) is 29.8 Å². The molecule has 1 aromatic carbocycles. The fourth-order valence-corrected chi connectivity index (χ4v) is 2.37. The summed E-state index contributed by atoms with van der Waals surface area (Å²) in [5, 5.41) is 11.5. The second-order valence-electron chi connectivity index (χ2n) is 5.70. The molecule has 0 spiro atoms. The third kappa shape index (κ3) is 4.77. The molecule has 5 nitrogen and oxygen atoms in total. The lowest BCUT2D eigenvalue weighted by Gasteiger charge is -2.30. The maximum atomic E-state index is 12.0. The van der Waals surface area contributed by atoms with E-state index >= 15 is 0 Å². The van der Waals surface area contributed by atoms with E-state index in [2.05, 4.69) is 5.32 Å². The predicted octanol–water partition coefficient (Wildman–Crippen LogP) is 2.97. The van der Waals surface area contributed by atoms with Gasteiger partial charge in [0.1, 0.15) is 0 Å². The molecule has 5 heteroatoms. The number of hydrogen-bond donors (Lipinski definition) is 2.